The average Bonchev–Trinajstić information content (AvgIpc) is 2.75. The highest BCUT2D eigenvalue weighted by atomic mass is 14.1. The van der Waals surface area contributed by atoms with Gasteiger partial charge < -0.3 is 0 Å². The first-order valence-corrected chi connectivity index (χ1v) is 9.70. The molecular weight excluding hydrogens is 336 g/mol. The summed E-state index contributed by atoms with van der Waals surface area (Å²) in [4.78, 5) is 0. The van der Waals surface area contributed by atoms with Crippen LogP contribution < -0.4 is 0 Å². The molecule has 0 saturated heterocycles. The van der Waals surface area contributed by atoms with E-state index in [4.69, 9.17) is 0 Å². The number of benzene rings is 6. The molecule has 6 aromatic carbocycles. The average molecular weight is 354 g/mol. The molecule has 0 unspecified atom stereocenters. The first kappa shape index (κ1) is 15.4. The molecule has 0 aliphatic carbocycles. The van der Waals surface area contributed by atoms with Gasteiger partial charge in [0.1, 0.15) is 0 Å². The standard InChI is InChI=1S/C28H18/c1-2-8-21-15-26-18-24-17-23(13-12-22(24)16-25(26)14-20(21)7-1)28-11-5-9-19-6-3-4-10-27(19)28/h1-18H. The number of rotatable bonds is 1. The summed E-state index contributed by atoms with van der Waals surface area (Å²) < 4.78 is 0. The minimum Gasteiger partial charge on any atom is -0.0616 e. The third kappa shape index (κ3) is 2.39. The molecule has 0 nitrogen and oxygen atoms in total. The van der Waals surface area contributed by atoms with E-state index in [1.165, 1.54) is 54.2 Å². The third-order valence-electron chi connectivity index (χ3n) is 5.76. The zero-order valence-electron chi connectivity index (χ0n) is 15.4. The van der Waals surface area contributed by atoms with Crippen LogP contribution in [0.2, 0.25) is 0 Å². The smallest absolute Gasteiger partial charge is 0.0105 e. The van der Waals surface area contributed by atoms with Crippen molar-refractivity contribution in [2.24, 2.45) is 0 Å². The van der Waals surface area contributed by atoms with E-state index >= 15 is 0 Å². The Labute approximate surface area is 163 Å². The van der Waals surface area contributed by atoms with Crippen LogP contribution in [0.15, 0.2) is 109 Å². The molecule has 0 aliphatic rings. The Bertz CT molecular complexity index is 1500. The Kier molecular flexibility index (Phi) is 3.27. The van der Waals surface area contributed by atoms with Crippen molar-refractivity contribution >= 4 is 43.1 Å². The molecule has 0 N–H and O–H groups in total. The summed E-state index contributed by atoms with van der Waals surface area (Å²) in [5.74, 6) is 0. The van der Waals surface area contributed by atoms with Crippen LogP contribution in [0.4, 0.5) is 0 Å². The molecule has 0 heteroatoms. The number of hydrogen-bond donors (Lipinski definition) is 0. The fourth-order valence-corrected chi connectivity index (χ4v) is 4.34. The molecule has 0 saturated carbocycles. The van der Waals surface area contributed by atoms with Gasteiger partial charge >= 0.3 is 0 Å². The SMILES string of the molecule is c1ccc2cc3cc4cc(-c5cccc6ccccc56)ccc4cc3cc2c1. The second-order valence-electron chi connectivity index (χ2n) is 7.49. The van der Waals surface area contributed by atoms with E-state index in [1.54, 1.807) is 0 Å². The largest absolute Gasteiger partial charge is 0.0616 e. The third-order valence-corrected chi connectivity index (χ3v) is 5.76. The van der Waals surface area contributed by atoms with Gasteiger partial charge in [-0.3, -0.25) is 0 Å². The first-order valence-electron chi connectivity index (χ1n) is 9.70. The fourth-order valence-electron chi connectivity index (χ4n) is 4.34. The second kappa shape index (κ2) is 5.94. The predicted octanol–water partition coefficient (Wildman–Crippen LogP) is 7.97. The molecule has 0 bridgehead atoms. The highest BCUT2D eigenvalue weighted by molar-refractivity contribution is 6.06. The lowest BCUT2D eigenvalue weighted by molar-refractivity contribution is 1.69. The zero-order valence-corrected chi connectivity index (χ0v) is 15.4. The van der Waals surface area contributed by atoms with E-state index in [0.29, 0.717) is 0 Å². The van der Waals surface area contributed by atoms with E-state index in [-0.39, 0.29) is 0 Å². The van der Waals surface area contributed by atoms with Crippen molar-refractivity contribution < 1.29 is 0 Å². The lowest BCUT2D eigenvalue weighted by Gasteiger charge is -2.10. The van der Waals surface area contributed by atoms with E-state index in [1.807, 2.05) is 0 Å². The maximum absolute atomic E-state index is 2.33. The Hall–Kier alpha value is -3.64. The molecular formula is C28H18. The Morgan fingerprint density at radius 3 is 1.61 bits per heavy atom. The highest BCUT2D eigenvalue weighted by Gasteiger charge is 2.06. The summed E-state index contributed by atoms with van der Waals surface area (Å²) in [6.07, 6.45) is 0. The topological polar surface area (TPSA) is 0 Å². The van der Waals surface area contributed by atoms with E-state index in [2.05, 4.69) is 109 Å². The van der Waals surface area contributed by atoms with E-state index in [0.717, 1.165) is 0 Å². The van der Waals surface area contributed by atoms with Crippen LogP contribution in [0, 0.1) is 0 Å². The van der Waals surface area contributed by atoms with Gasteiger partial charge in [-0.25, -0.2) is 0 Å². The van der Waals surface area contributed by atoms with Crippen LogP contribution in [0.25, 0.3) is 54.2 Å². The van der Waals surface area contributed by atoms with Gasteiger partial charge in [0, 0.05) is 0 Å². The van der Waals surface area contributed by atoms with Gasteiger partial charge in [0.25, 0.3) is 0 Å². The van der Waals surface area contributed by atoms with Crippen molar-refractivity contribution in [1.82, 2.24) is 0 Å². The Morgan fingerprint density at radius 2 is 0.857 bits per heavy atom. The van der Waals surface area contributed by atoms with Crippen molar-refractivity contribution in [3.63, 3.8) is 0 Å². The van der Waals surface area contributed by atoms with Crippen molar-refractivity contribution in [3.8, 4) is 11.1 Å². The molecule has 0 fully saturated rings. The molecule has 0 spiro atoms. The summed E-state index contributed by atoms with van der Waals surface area (Å²) in [7, 11) is 0. The molecule has 0 amide bonds. The first-order chi connectivity index (χ1) is 13.8. The summed E-state index contributed by atoms with van der Waals surface area (Å²) in [6, 6.07) is 39.8. The molecule has 0 aliphatic heterocycles. The number of fused-ring (bicyclic) bond motifs is 4. The van der Waals surface area contributed by atoms with Gasteiger partial charge in [-0.2, -0.15) is 0 Å². The molecule has 0 radical (unpaired) electrons. The van der Waals surface area contributed by atoms with Gasteiger partial charge in [-0.1, -0.05) is 78.9 Å². The van der Waals surface area contributed by atoms with Crippen molar-refractivity contribution in [2.75, 3.05) is 0 Å². The predicted molar refractivity (Wildman–Crippen MR) is 122 cm³/mol. The quantitative estimate of drug-likeness (QED) is 0.263. The van der Waals surface area contributed by atoms with Crippen LogP contribution in [-0.4, -0.2) is 0 Å². The van der Waals surface area contributed by atoms with E-state index in [9.17, 15) is 0 Å². The fraction of sp³-hybridized carbons (Fsp3) is 0. The van der Waals surface area contributed by atoms with Crippen molar-refractivity contribution in [3.05, 3.63) is 109 Å². The van der Waals surface area contributed by atoms with Crippen molar-refractivity contribution in [1.29, 1.82) is 0 Å². The van der Waals surface area contributed by atoms with Gasteiger partial charge in [-0.05, 0) is 84.5 Å². The monoisotopic (exact) mass is 354 g/mol. The van der Waals surface area contributed by atoms with Gasteiger partial charge in [0.05, 0.1) is 0 Å². The van der Waals surface area contributed by atoms with Crippen molar-refractivity contribution in [2.45, 2.75) is 0 Å². The van der Waals surface area contributed by atoms with Gasteiger partial charge in [0.2, 0.25) is 0 Å². The molecule has 28 heavy (non-hydrogen) atoms. The minimum atomic E-state index is 1.27. The summed E-state index contributed by atoms with van der Waals surface area (Å²) >= 11 is 0. The van der Waals surface area contributed by atoms with Crippen LogP contribution in [0.1, 0.15) is 0 Å². The molecule has 0 heterocycles. The van der Waals surface area contributed by atoms with Crippen LogP contribution >= 0.6 is 0 Å². The Balaban J connectivity index is 1.61. The van der Waals surface area contributed by atoms with Gasteiger partial charge in [-0.15, -0.1) is 0 Å². The molecule has 0 atom stereocenters. The highest BCUT2D eigenvalue weighted by Crippen LogP contribution is 2.33. The second-order valence-corrected chi connectivity index (χ2v) is 7.49. The van der Waals surface area contributed by atoms with Gasteiger partial charge in [0.15, 0.2) is 0 Å². The maximum atomic E-state index is 2.33. The molecule has 0 aromatic heterocycles. The lowest BCUT2D eigenvalue weighted by atomic mass is 9.94. The lowest BCUT2D eigenvalue weighted by Crippen LogP contribution is -1.83. The summed E-state index contributed by atoms with van der Waals surface area (Å²) in [6.45, 7) is 0. The normalized spacial score (nSPS) is 11.6. The van der Waals surface area contributed by atoms with E-state index < -0.39 is 0 Å². The van der Waals surface area contributed by atoms with Crippen LogP contribution in [-0.2, 0) is 0 Å². The molecule has 6 rings (SSSR count). The molecule has 130 valence electrons. The maximum Gasteiger partial charge on any atom is -0.0105 e. The number of hydrogen-bond acceptors (Lipinski definition) is 0. The van der Waals surface area contributed by atoms with Crippen LogP contribution in [0.5, 0.6) is 0 Å². The summed E-state index contributed by atoms with van der Waals surface area (Å²) in [5, 5.41) is 10.3. The Morgan fingerprint density at radius 1 is 0.321 bits per heavy atom. The summed E-state index contributed by atoms with van der Waals surface area (Å²) in [5.41, 5.74) is 2.56. The zero-order chi connectivity index (χ0) is 18.5. The molecule has 6 aromatic rings. The van der Waals surface area contributed by atoms with Crippen LogP contribution in [0.3, 0.4) is 0 Å². The minimum absolute atomic E-state index is 1.27.